The molecule has 0 fully saturated rings. The number of amides is 2. The van der Waals surface area contributed by atoms with Crippen LogP contribution in [0.25, 0.3) is 11.0 Å². The molecule has 0 spiro atoms. The van der Waals surface area contributed by atoms with Crippen LogP contribution in [0.5, 0.6) is 5.75 Å². The number of para-hydroxylation sites is 2. The molecule has 0 unspecified atom stereocenters. The molecule has 0 aliphatic rings. The average Bonchev–Trinajstić information content (AvgIpc) is 3.14. The Morgan fingerprint density at radius 3 is 2.28 bits per heavy atom. The summed E-state index contributed by atoms with van der Waals surface area (Å²) >= 11 is 5.89. The first-order valence-corrected chi connectivity index (χ1v) is 9.97. The molecule has 0 aliphatic carbocycles. The number of carbonyl (C=O) groups excluding carboxylic acids is 3. The van der Waals surface area contributed by atoms with E-state index in [1.54, 1.807) is 60.7 Å². The van der Waals surface area contributed by atoms with Crippen LogP contribution in [0.15, 0.2) is 77.2 Å². The molecule has 2 N–H and O–H groups in total. The van der Waals surface area contributed by atoms with Gasteiger partial charge in [-0.3, -0.25) is 14.4 Å². The summed E-state index contributed by atoms with van der Waals surface area (Å²) in [6.45, 7) is 1.25. The van der Waals surface area contributed by atoms with Crippen molar-refractivity contribution < 1.29 is 23.5 Å². The van der Waals surface area contributed by atoms with E-state index in [-0.39, 0.29) is 22.8 Å². The third kappa shape index (κ3) is 4.48. The second-order valence-corrected chi connectivity index (χ2v) is 7.24. The van der Waals surface area contributed by atoms with Crippen LogP contribution in [0, 0.1) is 0 Å². The van der Waals surface area contributed by atoms with E-state index in [4.69, 9.17) is 20.8 Å². The summed E-state index contributed by atoms with van der Waals surface area (Å²) in [5, 5.41) is 6.54. The van der Waals surface area contributed by atoms with Gasteiger partial charge in [0.05, 0.1) is 5.56 Å². The first-order valence-electron chi connectivity index (χ1n) is 9.59. The van der Waals surface area contributed by atoms with Crippen LogP contribution in [0.4, 0.5) is 11.4 Å². The summed E-state index contributed by atoms with van der Waals surface area (Å²) in [5.74, 6) is -1.62. The second kappa shape index (κ2) is 8.95. The fourth-order valence-electron chi connectivity index (χ4n) is 3.13. The van der Waals surface area contributed by atoms with Crippen LogP contribution in [-0.4, -0.2) is 17.8 Å². The zero-order chi connectivity index (χ0) is 22.7. The standard InChI is InChI=1S/C24H17ClN2O5/c1-14(28)31-20-9-5-3-7-18(20)23(29)27-21-17-6-2-4-8-19(17)32-22(21)24(30)26-16-12-10-15(25)11-13-16/h2-13H,1H3,(H,26,30)(H,27,29). The van der Waals surface area contributed by atoms with Crippen LogP contribution in [0.3, 0.4) is 0 Å². The molecule has 0 saturated carbocycles. The molecule has 1 aromatic heterocycles. The SMILES string of the molecule is CC(=O)Oc1ccccc1C(=O)Nc1c(C(=O)Nc2ccc(Cl)cc2)oc2ccccc12. The Labute approximate surface area is 187 Å². The van der Waals surface area contributed by atoms with E-state index in [1.165, 1.54) is 19.1 Å². The van der Waals surface area contributed by atoms with Gasteiger partial charge < -0.3 is 19.8 Å². The fraction of sp³-hybridized carbons (Fsp3) is 0.0417. The van der Waals surface area contributed by atoms with Gasteiger partial charge in [-0.15, -0.1) is 0 Å². The van der Waals surface area contributed by atoms with Crippen molar-refractivity contribution in [1.82, 2.24) is 0 Å². The molecule has 2 amide bonds. The molecular weight excluding hydrogens is 432 g/mol. The van der Waals surface area contributed by atoms with E-state index in [0.717, 1.165) is 0 Å². The summed E-state index contributed by atoms with van der Waals surface area (Å²) < 4.78 is 10.9. The van der Waals surface area contributed by atoms with Crippen LogP contribution >= 0.6 is 11.6 Å². The zero-order valence-electron chi connectivity index (χ0n) is 16.8. The molecule has 1 heterocycles. The molecule has 0 bridgehead atoms. The normalized spacial score (nSPS) is 10.6. The Balaban J connectivity index is 1.69. The number of anilines is 2. The minimum Gasteiger partial charge on any atom is -0.449 e. The third-order valence-corrected chi connectivity index (χ3v) is 4.78. The van der Waals surface area contributed by atoms with Gasteiger partial charge in [0, 0.05) is 23.0 Å². The highest BCUT2D eigenvalue weighted by atomic mass is 35.5. The van der Waals surface area contributed by atoms with E-state index >= 15 is 0 Å². The molecule has 160 valence electrons. The largest absolute Gasteiger partial charge is 0.449 e. The van der Waals surface area contributed by atoms with Crippen molar-refractivity contribution in [3.63, 3.8) is 0 Å². The number of benzene rings is 3. The van der Waals surface area contributed by atoms with Gasteiger partial charge in [-0.2, -0.15) is 0 Å². The van der Waals surface area contributed by atoms with E-state index in [1.807, 2.05) is 0 Å². The highest BCUT2D eigenvalue weighted by Gasteiger charge is 2.24. The third-order valence-electron chi connectivity index (χ3n) is 4.53. The van der Waals surface area contributed by atoms with Crippen molar-refractivity contribution in [2.75, 3.05) is 10.6 Å². The summed E-state index contributed by atoms with van der Waals surface area (Å²) in [5.41, 5.74) is 1.28. The highest BCUT2D eigenvalue weighted by Crippen LogP contribution is 2.32. The van der Waals surface area contributed by atoms with Crippen LogP contribution < -0.4 is 15.4 Å². The summed E-state index contributed by atoms with van der Waals surface area (Å²) in [7, 11) is 0. The molecule has 4 aromatic rings. The fourth-order valence-corrected chi connectivity index (χ4v) is 3.26. The Bertz CT molecular complexity index is 1330. The molecule has 0 saturated heterocycles. The number of halogens is 1. The van der Waals surface area contributed by atoms with Gasteiger partial charge in [-0.05, 0) is 48.5 Å². The maximum Gasteiger partial charge on any atom is 0.308 e. The molecule has 8 heteroatoms. The molecular formula is C24H17ClN2O5. The summed E-state index contributed by atoms with van der Waals surface area (Å²) in [4.78, 5) is 37.4. The lowest BCUT2D eigenvalue weighted by molar-refractivity contribution is -0.131. The Kier molecular flexibility index (Phi) is 5.91. The first kappa shape index (κ1) is 21.1. The van der Waals surface area contributed by atoms with Gasteiger partial charge in [0.25, 0.3) is 11.8 Å². The Hall–Kier alpha value is -4.10. The average molecular weight is 449 g/mol. The van der Waals surface area contributed by atoms with Gasteiger partial charge >= 0.3 is 5.97 Å². The van der Waals surface area contributed by atoms with Crippen molar-refractivity contribution in [3.05, 3.63) is 89.1 Å². The number of fused-ring (bicyclic) bond motifs is 1. The van der Waals surface area contributed by atoms with Gasteiger partial charge in [0.1, 0.15) is 17.0 Å². The topological polar surface area (TPSA) is 97.6 Å². The van der Waals surface area contributed by atoms with Gasteiger partial charge in [-0.25, -0.2) is 0 Å². The number of hydrogen-bond donors (Lipinski definition) is 2. The van der Waals surface area contributed by atoms with E-state index in [2.05, 4.69) is 10.6 Å². The van der Waals surface area contributed by atoms with Crippen molar-refractivity contribution >= 4 is 51.7 Å². The quantitative estimate of drug-likeness (QED) is 0.309. The minimum absolute atomic E-state index is 0.0699. The molecule has 32 heavy (non-hydrogen) atoms. The van der Waals surface area contributed by atoms with E-state index in [0.29, 0.717) is 21.7 Å². The number of rotatable bonds is 5. The number of furan rings is 1. The molecule has 7 nitrogen and oxygen atoms in total. The number of hydrogen-bond acceptors (Lipinski definition) is 5. The first-order chi connectivity index (χ1) is 15.4. The van der Waals surface area contributed by atoms with E-state index in [9.17, 15) is 14.4 Å². The van der Waals surface area contributed by atoms with Crippen molar-refractivity contribution in [3.8, 4) is 5.75 Å². The zero-order valence-corrected chi connectivity index (χ0v) is 17.6. The second-order valence-electron chi connectivity index (χ2n) is 6.81. The van der Waals surface area contributed by atoms with Crippen LogP contribution in [0.2, 0.25) is 5.02 Å². The summed E-state index contributed by atoms with van der Waals surface area (Å²) in [6.07, 6.45) is 0. The van der Waals surface area contributed by atoms with E-state index < -0.39 is 17.8 Å². The van der Waals surface area contributed by atoms with Gasteiger partial charge in [-0.1, -0.05) is 35.9 Å². The monoisotopic (exact) mass is 448 g/mol. The molecule has 0 atom stereocenters. The predicted molar refractivity (Wildman–Crippen MR) is 121 cm³/mol. The molecule has 3 aromatic carbocycles. The maximum atomic E-state index is 13.0. The van der Waals surface area contributed by atoms with Gasteiger partial charge in [0.15, 0.2) is 0 Å². The lowest BCUT2D eigenvalue weighted by Gasteiger charge is -2.10. The molecule has 0 aliphatic heterocycles. The number of nitrogens with one attached hydrogen (secondary N) is 2. The maximum absolute atomic E-state index is 13.0. The lowest BCUT2D eigenvalue weighted by atomic mass is 10.1. The molecule has 4 rings (SSSR count). The smallest absolute Gasteiger partial charge is 0.308 e. The minimum atomic E-state index is -0.561. The summed E-state index contributed by atoms with van der Waals surface area (Å²) in [6, 6.07) is 19.8. The number of ether oxygens (including phenoxy) is 1. The highest BCUT2D eigenvalue weighted by molar-refractivity contribution is 6.30. The predicted octanol–water partition coefficient (Wildman–Crippen LogP) is 5.52. The van der Waals surface area contributed by atoms with Gasteiger partial charge in [0.2, 0.25) is 5.76 Å². The van der Waals surface area contributed by atoms with Crippen molar-refractivity contribution in [1.29, 1.82) is 0 Å². The molecule has 0 radical (unpaired) electrons. The Morgan fingerprint density at radius 2 is 1.53 bits per heavy atom. The lowest BCUT2D eigenvalue weighted by Crippen LogP contribution is -2.18. The van der Waals surface area contributed by atoms with Crippen molar-refractivity contribution in [2.45, 2.75) is 6.92 Å². The van der Waals surface area contributed by atoms with Crippen molar-refractivity contribution in [2.24, 2.45) is 0 Å². The van der Waals surface area contributed by atoms with Crippen LogP contribution in [0.1, 0.15) is 27.8 Å². The number of carbonyl (C=O) groups is 3. The Morgan fingerprint density at radius 1 is 0.844 bits per heavy atom. The number of esters is 1. The van der Waals surface area contributed by atoms with Crippen LogP contribution in [-0.2, 0) is 4.79 Å².